The van der Waals surface area contributed by atoms with Crippen LogP contribution < -0.4 is 20.5 Å². The van der Waals surface area contributed by atoms with Gasteiger partial charge in [-0.25, -0.2) is 5.43 Å². The summed E-state index contributed by atoms with van der Waals surface area (Å²) in [5, 5.41) is 7.36. The largest absolute Gasteiger partial charge is 0.543 e. The molecule has 0 spiro atoms. The Hall–Kier alpha value is -3.22. The smallest absolute Gasteiger partial charge is 0.324 e. The monoisotopic (exact) mass is 714 g/mol. The summed E-state index contributed by atoms with van der Waals surface area (Å²) in [5.41, 5.74) is 3.89. The number of amides is 3. The lowest BCUT2D eigenvalue weighted by atomic mass is 9.96. The number of esters is 1. The molecule has 5 atom stereocenters. The number of hydrazine groups is 1. The topological polar surface area (TPSA) is 135 Å². The lowest BCUT2D eigenvalue weighted by Gasteiger charge is -2.36. The van der Waals surface area contributed by atoms with E-state index in [0.717, 1.165) is 37.0 Å². The number of allylic oxidation sites excluding steroid dienone is 2. The number of nitrogens with zero attached hydrogens (tertiary/aromatic N) is 1. The van der Waals surface area contributed by atoms with Gasteiger partial charge in [0.25, 0.3) is 5.91 Å². The molecule has 2 aliphatic heterocycles. The van der Waals surface area contributed by atoms with Crippen LogP contribution in [0.3, 0.4) is 0 Å². The van der Waals surface area contributed by atoms with E-state index >= 15 is 0 Å². The van der Waals surface area contributed by atoms with Gasteiger partial charge in [-0.05, 0) is 86.7 Å². The summed E-state index contributed by atoms with van der Waals surface area (Å²) in [6.45, 7) is 17.1. The molecule has 1 aromatic rings. The lowest BCUT2D eigenvalue weighted by molar-refractivity contribution is -0.153. The summed E-state index contributed by atoms with van der Waals surface area (Å²) in [7, 11) is -0.538. The number of methoxy groups -OCH3 is 1. The molecule has 2 aliphatic rings. The molecule has 1 saturated heterocycles. The third-order valence-corrected chi connectivity index (χ3v) is 14.5. The van der Waals surface area contributed by atoms with Gasteiger partial charge in [-0.2, -0.15) is 0 Å². The van der Waals surface area contributed by atoms with Gasteiger partial charge in [0.15, 0.2) is 0 Å². The highest BCUT2D eigenvalue weighted by Crippen LogP contribution is 2.37. The third kappa shape index (κ3) is 11.9. The Bertz CT molecular complexity index is 1330. The van der Waals surface area contributed by atoms with E-state index in [0.29, 0.717) is 32.4 Å². The van der Waals surface area contributed by atoms with E-state index in [4.69, 9.17) is 13.9 Å². The molecule has 11 nitrogen and oxygen atoms in total. The highest BCUT2D eigenvalue weighted by molar-refractivity contribution is 6.74. The van der Waals surface area contributed by atoms with Crippen LogP contribution in [-0.4, -0.2) is 81.5 Å². The molecular formula is C38H62N4O7Si. The standard InChI is InChI=1S/C38H62N4O7Si/c1-26(2)33-35(44)39-31(25-28-18-16-19-29(24-28)49-50(8,9)38(4,5)6)36(45)42-22-17-20-30(41-42)37(46)48-23-15-13-11-10-12-14-21-32(47-7)27(3)34(43)40-33/h10,12,16,18-19,24,26-27,30-33,41H,11,13-15,17,20-23,25H2,1-9H3,(H,39,44)(H,40,43)/b12-10-/t27-,30+,31+,32-,33+/m1/s1. The second-order valence-corrected chi connectivity index (χ2v) is 20.3. The van der Waals surface area contributed by atoms with Crippen molar-refractivity contribution in [3.63, 3.8) is 0 Å². The van der Waals surface area contributed by atoms with Crippen molar-refractivity contribution in [1.82, 2.24) is 21.1 Å². The van der Waals surface area contributed by atoms with Crippen molar-refractivity contribution in [2.24, 2.45) is 11.8 Å². The first-order valence-corrected chi connectivity index (χ1v) is 21.3. The fourth-order valence-electron chi connectivity index (χ4n) is 5.88. The maximum Gasteiger partial charge on any atom is 0.324 e. The van der Waals surface area contributed by atoms with Gasteiger partial charge in [0.05, 0.1) is 18.6 Å². The van der Waals surface area contributed by atoms with Gasteiger partial charge in [-0.1, -0.05) is 65.8 Å². The Labute approximate surface area is 300 Å². The van der Waals surface area contributed by atoms with Crippen molar-refractivity contribution in [3.8, 4) is 5.75 Å². The van der Waals surface area contributed by atoms with Crippen LogP contribution >= 0.6 is 0 Å². The van der Waals surface area contributed by atoms with Crippen molar-refractivity contribution in [3.05, 3.63) is 42.0 Å². The molecular weight excluding hydrogens is 653 g/mol. The summed E-state index contributed by atoms with van der Waals surface area (Å²) in [5.74, 6) is -1.54. The van der Waals surface area contributed by atoms with E-state index in [1.165, 1.54) is 5.01 Å². The number of nitrogens with one attached hydrogen (secondary N) is 3. The van der Waals surface area contributed by atoms with Crippen molar-refractivity contribution in [2.45, 2.75) is 135 Å². The Balaban J connectivity index is 1.93. The molecule has 12 heteroatoms. The Morgan fingerprint density at radius 1 is 0.980 bits per heavy atom. The van der Waals surface area contributed by atoms with Crippen molar-refractivity contribution in [2.75, 3.05) is 20.3 Å². The van der Waals surface area contributed by atoms with Crippen LogP contribution in [0.5, 0.6) is 5.75 Å². The second kappa shape index (κ2) is 18.9. The molecule has 280 valence electrons. The van der Waals surface area contributed by atoms with Crippen LogP contribution in [0, 0.1) is 11.8 Å². The maximum absolute atomic E-state index is 14.2. The van der Waals surface area contributed by atoms with Gasteiger partial charge in [-0.3, -0.25) is 24.2 Å². The van der Waals surface area contributed by atoms with Gasteiger partial charge < -0.3 is 24.5 Å². The predicted molar refractivity (Wildman–Crippen MR) is 198 cm³/mol. The van der Waals surface area contributed by atoms with Crippen LogP contribution in [-0.2, 0) is 35.1 Å². The van der Waals surface area contributed by atoms with Crippen LogP contribution in [0.15, 0.2) is 36.4 Å². The average Bonchev–Trinajstić information content (AvgIpc) is 3.05. The normalized spacial score (nSPS) is 26.6. The number of rotatable bonds is 6. The van der Waals surface area contributed by atoms with Crippen molar-refractivity contribution >= 4 is 32.0 Å². The molecule has 0 aromatic heterocycles. The molecule has 1 aromatic carbocycles. The van der Waals surface area contributed by atoms with E-state index in [9.17, 15) is 19.2 Å². The van der Waals surface area contributed by atoms with Crippen LogP contribution in [0.4, 0.5) is 0 Å². The van der Waals surface area contributed by atoms with Gasteiger partial charge in [0, 0.05) is 20.1 Å². The number of hydrogen-bond acceptors (Lipinski definition) is 8. The molecule has 2 bridgehead atoms. The molecule has 0 radical (unpaired) electrons. The fraction of sp³-hybridized carbons (Fsp3) is 0.684. The predicted octanol–water partition coefficient (Wildman–Crippen LogP) is 5.45. The SMILES string of the molecule is CO[C@@H]1CC/C=C\CCCCOC(=O)[C@@H]2CCCN(N2)C(=O)[C@H](Cc2cccc(O[Si](C)(C)C(C)(C)C)c2)NC(=O)[C@H](C(C)C)NC(=O)[C@@H]1C. The van der Waals surface area contributed by atoms with Gasteiger partial charge in [0.1, 0.15) is 23.9 Å². The third-order valence-electron chi connectivity index (χ3n) is 10.2. The van der Waals surface area contributed by atoms with Crippen LogP contribution in [0.2, 0.25) is 18.1 Å². The molecule has 1 fully saturated rings. The number of fused-ring (bicyclic) bond motifs is 2. The molecule has 0 unspecified atom stereocenters. The zero-order chi connectivity index (χ0) is 37.1. The molecule has 0 saturated carbocycles. The van der Waals surface area contributed by atoms with Gasteiger partial charge in [0.2, 0.25) is 20.1 Å². The Kier molecular flexibility index (Phi) is 15.5. The zero-order valence-corrected chi connectivity index (χ0v) is 32.8. The van der Waals surface area contributed by atoms with E-state index < -0.39 is 44.2 Å². The minimum atomic E-state index is -2.13. The van der Waals surface area contributed by atoms with E-state index in [-0.39, 0.29) is 35.3 Å². The quantitative estimate of drug-likeness (QED) is 0.201. The first kappa shape index (κ1) is 41.2. The minimum absolute atomic E-state index is 0.00327. The number of carbonyl (C=O) groups excluding carboxylic acids is 4. The van der Waals surface area contributed by atoms with E-state index in [1.807, 2.05) is 45.0 Å². The number of hydrogen-bond donors (Lipinski definition) is 3. The first-order valence-electron chi connectivity index (χ1n) is 18.3. The number of cyclic esters (lactones) is 1. The Morgan fingerprint density at radius 3 is 2.38 bits per heavy atom. The summed E-state index contributed by atoms with van der Waals surface area (Å²) in [4.78, 5) is 54.7. The summed E-state index contributed by atoms with van der Waals surface area (Å²) in [6.07, 6.45) is 9.03. The number of ether oxygens (including phenoxy) is 2. The maximum atomic E-state index is 14.2. The average molecular weight is 715 g/mol. The highest BCUT2D eigenvalue weighted by Gasteiger charge is 2.39. The number of carbonyl (C=O) groups is 4. The van der Waals surface area contributed by atoms with Crippen molar-refractivity contribution < 1.29 is 33.1 Å². The van der Waals surface area contributed by atoms with Crippen LogP contribution in [0.1, 0.15) is 92.1 Å². The second-order valence-electron chi connectivity index (χ2n) is 15.6. The van der Waals surface area contributed by atoms with Gasteiger partial charge in [-0.15, -0.1) is 0 Å². The summed E-state index contributed by atoms with van der Waals surface area (Å²) < 4.78 is 17.8. The van der Waals surface area contributed by atoms with E-state index in [1.54, 1.807) is 7.11 Å². The Morgan fingerprint density at radius 2 is 1.70 bits per heavy atom. The summed E-state index contributed by atoms with van der Waals surface area (Å²) >= 11 is 0. The molecule has 50 heavy (non-hydrogen) atoms. The number of benzene rings is 1. The molecule has 3 amide bonds. The van der Waals surface area contributed by atoms with Crippen molar-refractivity contribution in [1.29, 1.82) is 0 Å². The van der Waals surface area contributed by atoms with E-state index in [2.05, 4.69) is 62.1 Å². The lowest BCUT2D eigenvalue weighted by Crippen LogP contribution is -2.62. The van der Waals surface area contributed by atoms with Gasteiger partial charge >= 0.3 is 5.97 Å². The fourth-order valence-corrected chi connectivity index (χ4v) is 6.90. The molecule has 2 heterocycles. The highest BCUT2D eigenvalue weighted by atomic mass is 28.4. The van der Waals surface area contributed by atoms with Crippen LogP contribution in [0.25, 0.3) is 0 Å². The molecule has 3 rings (SSSR count). The minimum Gasteiger partial charge on any atom is -0.543 e. The molecule has 3 N–H and O–H groups in total. The molecule has 0 aliphatic carbocycles. The first-order chi connectivity index (χ1) is 23.5. The summed E-state index contributed by atoms with van der Waals surface area (Å²) in [6, 6.07) is 5.11. The zero-order valence-electron chi connectivity index (χ0n) is 31.8.